The molecule has 7 heteroatoms. The normalized spacial score (nSPS) is 16.7. The van der Waals surface area contributed by atoms with Crippen LogP contribution in [0.1, 0.15) is 31.0 Å². The van der Waals surface area contributed by atoms with Gasteiger partial charge in [-0.25, -0.2) is 0 Å². The van der Waals surface area contributed by atoms with E-state index in [-0.39, 0.29) is 11.8 Å². The van der Waals surface area contributed by atoms with Gasteiger partial charge in [0.2, 0.25) is 11.8 Å². The van der Waals surface area contributed by atoms with Crippen LogP contribution in [-0.2, 0) is 21.5 Å². The number of hydrogen-bond donors (Lipinski definition) is 0. The summed E-state index contributed by atoms with van der Waals surface area (Å²) < 4.78 is 0. The summed E-state index contributed by atoms with van der Waals surface area (Å²) in [5.74, 6) is 0.120. The van der Waals surface area contributed by atoms with Crippen LogP contribution in [-0.4, -0.2) is 44.8 Å². The molecule has 1 aromatic carbocycles. The van der Waals surface area contributed by atoms with Gasteiger partial charge in [0.05, 0.1) is 29.5 Å². The minimum Gasteiger partial charge on any atom is -0.343 e. The Bertz CT molecular complexity index is 1440. The Labute approximate surface area is 203 Å². The van der Waals surface area contributed by atoms with Crippen molar-refractivity contribution in [3.8, 4) is 11.1 Å². The summed E-state index contributed by atoms with van der Waals surface area (Å²) in [6.45, 7) is 3.08. The molecule has 35 heavy (non-hydrogen) atoms. The molecule has 0 radical (unpaired) electrons. The van der Waals surface area contributed by atoms with Crippen molar-refractivity contribution in [2.75, 3.05) is 18.0 Å². The first-order valence-corrected chi connectivity index (χ1v) is 11.9. The van der Waals surface area contributed by atoms with E-state index in [1.165, 1.54) is 0 Å². The first-order chi connectivity index (χ1) is 17.1. The molecule has 3 aromatic heterocycles. The Morgan fingerprint density at radius 2 is 1.77 bits per heavy atom. The fourth-order valence-electron chi connectivity index (χ4n) is 5.64. The van der Waals surface area contributed by atoms with Gasteiger partial charge >= 0.3 is 0 Å². The van der Waals surface area contributed by atoms with Gasteiger partial charge in [-0.2, -0.15) is 0 Å². The second kappa shape index (κ2) is 8.27. The van der Waals surface area contributed by atoms with E-state index >= 15 is 0 Å². The molecule has 1 saturated heterocycles. The summed E-state index contributed by atoms with van der Waals surface area (Å²) in [5.41, 5.74) is 3.98. The molecular formula is C28H25N5O2. The Balaban J connectivity index is 1.44. The van der Waals surface area contributed by atoms with E-state index < -0.39 is 5.41 Å². The van der Waals surface area contributed by atoms with Crippen LogP contribution in [0.2, 0.25) is 0 Å². The highest BCUT2D eigenvalue weighted by Gasteiger charge is 2.52. The van der Waals surface area contributed by atoms with Crippen molar-refractivity contribution in [3.05, 3.63) is 84.7 Å². The van der Waals surface area contributed by atoms with E-state index in [0.717, 1.165) is 38.8 Å². The molecule has 0 unspecified atom stereocenters. The van der Waals surface area contributed by atoms with Crippen molar-refractivity contribution in [1.82, 2.24) is 19.9 Å². The molecule has 6 rings (SSSR count). The van der Waals surface area contributed by atoms with Crippen LogP contribution in [0, 0.1) is 0 Å². The molecule has 5 heterocycles. The highest BCUT2D eigenvalue weighted by molar-refractivity contribution is 6.08. The third kappa shape index (κ3) is 3.38. The van der Waals surface area contributed by atoms with Gasteiger partial charge in [0, 0.05) is 61.3 Å². The number of benzene rings is 1. The van der Waals surface area contributed by atoms with Crippen molar-refractivity contribution in [1.29, 1.82) is 0 Å². The lowest BCUT2D eigenvalue weighted by Crippen LogP contribution is -2.49. The van der Waals surface area contributed by atoms with Crippen LogP contribution >= 0.6 is 0 Å². The molecule has 4 aromatic rings. The Kier molecular flexibility index (Phi) is 5.06. The van der Waals surface area contributed by atoms with Gasteiger partial charge in [-0.3, -0.25) is 24.5 Å². The average Bonchev–Trinajstić information content (AvgIpc) is 3.12. The van der Waals surface area contributed by atoms with Gasteiger partial charge in [-0.05, 0) is 35.9 Å². The maximum Gasteiger partial charge on any atom is 0.238 e. The number of anilines is 1. The van der Waals surface area contributed by atoms with E-state index in [9.17, 15) is 9.59 Å². The summed E-state index contributed by atoms with van der Waals surface area (Å²) in [4.78, 5) is 43.2. The van der Waals surface area contributed by atoms with E-state index in [0.29, 0.717) is 32.5 Å². The molecule has 7 nitrogen and oxygen atoms in total. The Hall–Kier alpha value is -4.13. The van der Waals surface area contributed by atoms with Gasteiger partial charge in [-0.15, -0.1) is 0 Å². The van der Waals surface area contributed by atoms with E-state index in [1.54, 1.807) is 25.5 Å². The smallest absolute Gasteiger partial charge is 0.238 e. The molecule has 174 valence electrons. The zero-order chi connectivity index (χ0) is 24.0. The summed E-state index contributed by atoms with van der Waals surface area (Å²) in [7, 11) is 0. The highest BCUT2D eigenvalue weighted by atomic mass is 16.2. The summed E-state index contributed by atoms with van der Waals surface area (Å²) in [6.07, 6.45) is 10.2. The molecule has 2 aliphatic heterocycles. The maximum absolute atomic E-state index is 14.1. The largest absolute Gasteiger partial charge is 0.343 e. The van der Waals surface area contributed by atoms with E-state index in [1.807, 2.05) is 58.6 Å². The predicted molar refractivity (Wildman–Crippen MR) is 134 cm³/mol. The fourth-order valence-corrected chi connectivity index (χ4v) is 5.64. The third-order valence-electron chi connectivity index (χ3n) is 7.46. The molecule has 0 saturated carbocycles. The number of hydrogen-bond acceptors (Lipinski definition) is 5. The SMILES string of the molecule is CC(=O)N1CCC2(CC1)C(=O)N(Cc1ncc3ccccc3c1-c1cccnc1)c1cnccc12. The summed E-state index contributed by atoms with van der Waals surface area (Å²) in [5, 5.41) is 2.12. The number of nitrogens with zero attached hydrogens (tertiary/aromatic N) is 5. The van der Waals surface area contributed by atoms with E-state index in [4.69, 9.17) is 4.98 Å². The summed E-state index contributed by atoms with van der Waals surface area (Å²) >= 11 is 0. The molecule has 1 spiro atoms. The maximum atomic E-state index is 14.1. The molecule has 0 atom stereocenters. The molecular weight excluding hydrogens is 438 g/mol. The zero-order valence-corrected chi connectivity index (χ0v) is 19.5. The third-order valence-corrected chi connectivity index (χ3v) is 7.46. The first-order valence-electron chi connectivity index (χ1n) is 11.9. The number of carbonyl (C=O) groups excluding carboxylic acids is 2. The number of amides is 2. The minimum absolute atomic E-state index is 0.0542. The molecule has 1 fully saturated rings. The minimum atomic E-state index is -0.629. The number of aromatic nitrogens is 3. The van der Waals surface area contributed by atoms with Crippen molar-refractivity contribution in [2.24, 2.45) is 0 Å². The van der Waals surface area contributed by atoms with E-state index in [2.05, 4.69) is 16.0 Å². The average molecular weight is 464 g/mol. The van der Waals surface area contributed by atoms with Crippen molar-refractivity contribution < 1.29 is 9.59 Å². The number of pyridine rings is 3. The number of carbonyl (C=O) groups is 2. The van der Waals surface area contributed by atoms with Crippen LogP contribution < -0.4 is 4.90 Å². The van der Waals surface area contributed by atoms with Gasteiger partial charge in [-0.1, -0.05) is 30.3 Å². The highest BCUT2D eigenvalue weighted by Crippen LogP contribution is 2.48. The van der Waals surface area contributed by atoms with Crippen molar-refractivity contribution in [2.45, 2.75) is 31.7 Å². The van der Waals surface area contributed by atoms with Crippen LogP contribution in [0.25, 0.3) is 21.9 Å². The number of piperidine rings is 1. The molecule has 2 amide bonds. The van der Waals surface area contributed by atoms with Crippen molar-refractivity contribution >= 4 is 28.3 Å². The fraction of sp³-hybridized carbons (Fsp3) is 0.250. The second-order valence-electron chi connectivity index (χ2n) is 9.28. The van der Waals surface area contributed by atoms with Gasteiger partial charge in [0.25, 0.3) is 0 Å². The first kappa shape index (κ1) is 21.4. The standard InChI is InChI=1S/C28H25N5O2/c1-19(34)32-13-9-28(10-14-32)23-8-12-30-17-25(23)33(27(28)35)18-24-26(21-6-4-11-29-15-21)22-7-3-2-5-20(22)16-31-24/h2-8,11-12,15-17H,9-10,13-14,18H2,1H3. The van der Waals surface area contributed by atoms with Gasteiger partial charge < -0.3 is 9.80 Å². The Morgan fingerprint density at radius 3 is 2.54 bits per heavy atom. The van der Waals surface area contributed by atoms with Gasteiger partial charge in [0.15, 0.2) is 0 Å². The number of likely N-dealkylation sites (tertiary alicyclic amines) is 1. The molecule has 2 aliphatic rings. The lowest BCUT2D eigenvalue weighted by atomic mass is 9.74. The lowest BCUT2D eigenvalue weighted by molar-refractivity contribution is -0.133. The molecule has 0 N–H and O–H groups in total. The quantitative estimate of drug-likeness (QED) is 0.457. The second-order valence-corrected chi connectivity index (χ2v) is 9.28. The zero-order valence-electron chi connectivity index (χ0n) is 19.5. The van der Waals surface area contributed by atoms with Crippen LogP contribution in [0.3, 0.4) is 0 Å². The Morgan fingerprint density at radius 1 is 0.971 bits per heavy atom. The van der Waals surface area contributed by atoms with Crippen LogP contribution in [0.5, 0.6) is 0 Å². The number of rotatable bonds is 3. The monoisotopic (exact) mass is 463 g/mol. The van der Waals surface area contributed by atoms with Crippen LogP contribution in [0.15, 0.2) is 73.4 Å². The predicted octanol–water partition coefficient (Wildman–Crippen LogP) is 4.12. The van der Waals surface area contributed by atoms with Gasteiger partial charge in [0.1, 0.15) is 0 Å². The molecule has 0 aliphatic carbocycles. The molecule has 0 bridgehead atoms. The number of fused-ring (bicyclic) bond motifs is 3. The van der Waals surface area contributed by atoms with Crippen molar-refractivity contribution in [3.63, 3.8) is 0 Å². The van der Waals surface area contributed by atoms with Crippen LogP contribution in [0.4, 0.5) is 5.69 Å². The summed E-state index contributed by atoms with van der Waals surface area (Å²) in [6, 6.07) is 14.1. The lowest BCUT2D eigenvalue weighted by Gasteiger charge is -2.38. The topological polar surface area (TPSA) is 79.3 Å².